The minimum absolute atomic E-state index is 0.0339. The lowest BCUT2D eigenvalue weighted by Crippen LogP contribution is -2.34. The smallest absolute Gasteiger partial charge is 0.253 e. The van der Waals surface area contributed by atoms with Crippen LogP contribution in [-0.2, 0) is 0 Å². The number of rotatable bonds is 2. The minimum atomic E-state index is 0.0339. The number of hydrogen-bond donors (Lipinski definition) is 0. The average Bonchev–Trinajstić information content (AvgIpc) is 2.15. The highest BCUT2D eigenvalue weighted by atomic mass is 35.5. The number of carbonyl (C=O) groups excluding carboxylic acids is 1. The molecule has 1 rings (SSSR count). The summed E-state index contributed by atoms with van der Waals surface area (Å²) in [6.45, 7) is 7.06. The molecule has 1 amide bonds. The van der Waals surface area contributed by atoms with Crippen molar-refractivity contribution in [3.63, 3.8) is 0 Å². The standard InChI is InChI=1S/C13H18ClNO/c1-13(2,3)9-15(4)12(16)10-5-7-11(14)8-6-10/h5-8H,9H2,1-4H3. The van der Waals surface area contributed by atoms with Crippen LogP contribution in [0, 0.1) is 5.41 Å². The van der Waals surface area contributed by atoms with Crippen molar-refractivity contribution in [2.45, 2.75) is 20.8 Å². The zero-order valence-corrected chi connectivity index (χ0v) is 11.0. The molecular weight excluding hydrogens is 222 g/mol. The van der Waals surface area contributed by atoms with Gasteiger partial charge in [0.1, 0.15) is 0 Å². The third kappa shape index (κ3) is 3.86. The fraction of sp³-hybridized carbons (Fsp3) is 0.462. The van der Waals surface area contributed by atoms with E-state index in [9.17, 15) is 4.79 Å². The van der Waals surface area contributed by atoms with E-state index in [1.54, 1.807) is 29.2 Å². The Morgan fingerprint density at radius 3 is 2.19 bits per heavy atom. The maximum atomic E-state index is 12.0. The van der Waals surface area contributed by atoms with Crippen LogP contribution in [0.5, 0.6) is 0 Å². The first-order chi connectivity index (χ1) is 7.29. The largest absolute Gasteiger partial charge is 0.341 e. The first-order valence-corrected chi connectivity index (χ1v) is 5.68. The molecule has 0 heterocycles. The Bertz CT molecular complexity index is 365. The second-order valence-electron chi connectivity index (χ2n) is 5.23. The predicted molar refractivity (Wildman–Crippen MR) is 67.9 cm³/mol. The molecule has 0 fully saturated rings. The Morgan fingerprint density at radius 2 is 1.75 bits per heavy atom. The minimum Gasteiger partial charge on any atom is -0.341 e. The van der Waals surface area contributed by atoms with Gasteiger partial charge in [0.25, 0.3) is 5.91 Å². The van der Waals surface area contributed by atoms with Crippen LogP contribution in [0.2, 0.25) is 5.02 Å². The van der Waals surface area contributed by atoms with Gasteiger partial charge in [-0.2, -0.15) is 0 Å². The summed E-state index contributed by atoms with van der Waals surface area (Å²) in [5.74, 6) is 0.0339. The Balaban J connectivity index is 2.74. The molecule has 0 spiro atoms. The molecule has 0 radical (unpaired) electrons. The van der Waals surface area contributed by atoms with Gasteiger partial charge in [-0.3, -0.25) is 4.79 Å². The van der Waals surface area contributed by atoms with E-state index in [-0.39, 0.29) is 11.3 Å². The van der Waals surface area contributed by atoms with E-state index in [0.717, 1.165) is 6.54 Å². The molecule has 3 heteroatoms. The second-order valence-corrected chi connectivity index (χ2v) is 5.67. The maximum Gasteiger partial charge on any atom is 0.253 e. The molecule has 0 unspecified atom stereocenters. The summed E-state index contributed by atoms with van der Waals surface area (Å²) in [6.07, 6.45) is 0. The van der Waals surface area contributed by atoms with Gasteiger partial charge in [-0.15, -0.1) is 0 Å². The number of nitrogens with zero attached hydrogens (tertiary/aromatic N) is 1. The highest BCUT2D eigenvalue weighted by Crippen LogP contribution is 2.16. The van der Waals surface area contributed by atoms with Gasteiger partial charge in [0.05, 0.1) is 0 Å². The summed E-state index contributed by atoms with van der Waals surface area (Å²) in [4.78, 5) is 13.8. The van der Waals surface area contributed by atoms with Crippen molar-refractivity contribution in [3.05, 3.63) is 34.9 Å². The van der Waals surface area contributed by atoms with E-state index in [2.05, 4.69) is 20.8 Å². The molecule has 0 saturated heterocycles. The number of hydrogen-bond acceptors (Lipinski definition) is 1. The summed E-state index contributed by atoms with van der Waals surface area (Å²) < 4.78 is 0. The van der Waals surface area contributed by atoms with Crippen LogP contribution >= 0.6 is 11.6 Å². The first-order valence-electron chi connectivity index (χ1n) is 5.31. The SMILES string of the molecule is CN(CC(C)(C)C)C(=O)c1ccc(Cl)cc1. The molecular formula is C13H18ClNO. The highest BCUT2D eigenvalue weighted by Gasteiger charge is 2.18. The quantitative estimate of drug-likeness (QED) is 0.774. The molecule has 0 N–H and O–H groups in total. The number of amides is 1. The van der Waals surface area contributed by atoms with Crippen molar-refractivity contribution in [3.8, 4) is 0 Å². The Morgan fingerprint density at radius 1 is 1.25 bits per heavy atom. The van der Waals surface area contributed by atoms with Gasteiger partial charge in [-0.25, -0.2) is 0 Å². The lowest BCUT2D eigenvalue weighted by molar-refractivity contribution is 0.0745. The first kappa shape index (κ1) is 13.0. The molecule has 16 heavy (non-hydrogen) atoms. The van der Waals surface area contributed by atoms with Gasteiger partial charge in [0.2, 0.25) is 0 Å². The second kappa shape index (κ2) is 4.88. The molecule has 0 bridgehead atoms. The fourth-order valence-corrected chi connectivity index (χ4v) is 1.72. The summed E-state index contributed by atoms with van der Waals surface area (Å²) in [6, 6.07) is 6.98. The van der Waals surface area contributed by atoms with E-state index < -0.39 is 0 Å². The average molecular weight is 240 g/mol. The normalized spacial score (nSPS) is 11.3. The van der Waals surface area contributed by atoms with Crippen LogP contribution in [-0.4, -0.2) is 24.4 Å². The van der Waals surface area contributed by atoms with Crippen molar-refractivity contribution < 1.29 is 4.79 Å². The summed E-state index contributed by atoms with van der Waals surface area (Å²) in [5.41, 5.74) is 0.785. The van der Waals surface area contributed by atoms with E-state index in [1.807, 2.05) is 7.05 Å². The van der Waals surface area contributed by atoms with E-state index in [4.69, 9.17) is 11.6 Å². The monoisotopic (exact) mass is 239 g/mol. The summed E-state index contributed by atoms with van der Waals surface area (Å²) in [5, 5.41) is 0.648. The van der Waals surface area contributed by atoms with Crippen LogP contribution in [0.1, 0.15) is 31.1 Å². The molecule has 1 aromatic carbocycles. The molecule has 0 atom stereocenters. The van der Waals surface area contributed by atoms with Gasteiger partial charge in [0, 0.05) is 24.2 Å². The van der Waals surface area contributed by atoms with Crippen LogP contribution in [0.15, 0.2) is 24.3 Å². The maximum absolute atomic E-state index is 12.0. The van der Waals surface area contributed by atoms with Crippen molar-refractivity contribution in [1.29, 1.82) is 0 Å². The third-order valence-electron chi connectivity index (χ3n) is 2.15. The van der Waals surface area contributed by atoms with Crippen molar-refractivity contribution in [2.75, 3.05) is 13.6 Å². The molecule has 1 aromatic rings. The predicted octanol–water partition coefficient (Wildman–Crippen LogP) is 3.46. The molecule has 0 aliphatic heterocycles. The molecule has 0 aliphatic carbocycles. The Labute approximate surface area is 102 Å². The van der Waals surface area contributed by atoms with Gasteiger partial charge < -0.3 is 4.90 Å². The van der Waals surface area contributed by atoms with Crippen LogP contribution in [0.3, 0.4) is 0 Å². The van der Waals surface area contributed by atoms with Crippen molar-refractivity contribution >= 4 is 17.5 Å². The zero-order chi connectivity index (χ0) is 12.3. The lowest BCUT2D eigenvalue weighted by Gasteiger charge is -2.26. The zero-order valence-electron chi connectivity index (χ0n) is 10.2. The van der Waals surface area contributed by atoms with Crippen molar-refractivity contribution in [1.82, 2.24) is 4.90 Å². The highest BCUT2D eigenvalue weighted by molar-refractivity contribution is 6.30. The van der Waals surface area contributed by atoms with Gasteiger partial charge in [-0.1, -0.05) is 32.4 Å². The van der Waals surface area contributed by atoms with E-state index in [1.165, 1.54) is 0 Å². The summed E-state index contributed by atoms with van der Waals surface area (Å²) in [7, 11) is 1.82. The molecule has 2 nitrogen and oxygen atoms in total. The Hall–Kier alpha value is -1.02. The fourth-order valence-electron chi connectivity index (χ4n) is 1.60. The molecule has 88 valence electrons. The lowest BCUT2D eigenvalue weighted by atomic mass is 9.96. The molecule has 0 aliphatic rings. The van der Waals surface area contributed by atoms with E-state index >= 15 is 0 Å². The third-order valence-corrected chi connectivity index (χ3v) is 2.40. The molecule has 0 saturated carbocycles. The topological polar surface area (TPSA) is 20.3 Å². The van der Waals surface area contributed by atoms with E-state index in [0.29, 0.717) is 10.6 Å². The van der Waals surface area contributed by atoms with Crippen LogP contribution < -0.4 is 0 Å². The number of halogens is 1. The number of benzene rings is 1. The number of carbonyl (C=O) groups is 1. The van der Waals surface area contributed by atoms with Crippen LogP contribution in [0.25, 0.3) is 0 Å². The Kier molecular flexibility index (Phi) is 3.98. The van der Waals surface area contributed by atoms with Crippen LogP contribution in [0.4, 0.5) is 0 Å². The summed E-state index contributed by atoms with van der Waals surface area (Å²) >= 11 is 5.78. The van der Waals surface area contributed by atoms with Crippen molar-refractivity contribution in [2.24, 2.45) is 5.41 Å². The van der Waals surface area contributed by atoms with Gasteiger partial charge in [0.15, 0.2) is 0 Å². The van der Waals surface area contributed by atoms with Gasteiger partial charge >= 0.3 is 0 Å². The van der Waals surface area contributed by atoms with Gasteiger partial charge in [-0.05, 0) is 29.7 Å². The molecule has 0 aromatic heterocycles.